The van der Waals surface area contributed by atoms with E-state index in [1.807, 2.05) is 38.7 Å². The van der Waals surface area contributed by atoms with Gasteiger partial charge in [0.1, 0.15) is 11.6 Å². The third-order valence-electron chi connectivity index (χ3n) is 7.92. The lowest BCUT2D eigenvalue weighted by atomic mass is 10.0. The van der Waals surface area contributed by atoms with Crippen molar-refractivity contribution in [1.82, 2.24) is 34.6 Å². The summed E-state index contributed by atoms with van der Waals surface area (Å²) in [6.45, 7) is 12.7. The fraction of sp³-hybridized carbons (Fsp3) is 0.290. The van der Waals surface area contributed by atoms with Crippen LogP contribution in [0.25, 0.3) is 38.9 Å². The minimum atomic E-state index is -0.555. The van der Waals surface area contributed by atoms with Crippen molar-refractivity contribution in [1.29, 1.82) is 0 Å². The normalized spacial score (nSPS) is 15.6. The molecular weight excluding hydrogens is 571 g/mol. The van der Waals surface area contributed by atoms with E-state index in [-0.39, 0.29) is 39.8 Å². The van der Waals surface area contributed by atoms with E-state index in [4.69, 9.17) is 16.6 Å². The van der Waals surface area contributed by atoms with Crippen LogP contribution in [0.2, 0.25) is 5.02 Å². The van der Waals surface area contributed by atoms with Crippen molar-refractivity contribution < 1.29 is 9.18 Å². The standard InChI is InChI=1S/C31H30ClFN8O2/c1-6-24(42)39-11-12-40(18(5)15-39)29-19-13-21(32)27(25-20-14-35-38-23(20)8-7-22(25)33)36-30(19)41(31(43)37-29)28-17(4)9-10-34-26(28)16(2)3/h6-10,13-14,16,18H,1,11-12,15H2,2-5H3,(H,35,38)/t18-/m0/s1. The molecule has 6 rings (SSSR count). The number of aryl methyl sites for hydroxylation is 1. The third-order valence-corrected chi connectivity index (χ3v) is 8.21. The molecular formula is C31H30ClFN8O2. The molecule has 1 amide bonds. The van der Waals surface area contributed by atoms with E-state index in [0.717, 1.165) is 5.56 Å². The molecule has 0 aliphatic carbocycles. The fourth-order valence-corrected chi connectivity index (χ4v) is 6.07. The largest absolute Gasteiger partial charge is 0.355 e. The molecule has 0 saturated carbocycles. The Morgan fingerprint density at radius 1 is 1.21 bits per heavy atom. The number of piperazine rings is 1. The second-order valence-corrected chi connectivity index (χ2v) is 11.5. The van der Waals surface area contributed by atoms with E-state index in [0.29, 0.717) is 53.1 Å². The quantitative estimate of drug-likeness (QED) is 0.277. The van der Waals surface area contributed by atoms with Gasteiger partial charge in [-0.1, -0.05) is 32.0 Å². The monoisotopic (exact) mass is 600 g/mol. The number of halogens is 2. The van der Waals surface area contributed by atoms with Crippen LogP contribution < -0.4 is 10.6 Å². The van der Waals surface area contributed by atoms with Crippen molar-refractivity contribution in [3.63, 3.8) is 0 Å². The van der Waals surface area contributed by atoms with Gasteiger partial charge >= 0.3 is 5.69 Å². The number of benzene rings is 1. The Morgan fingerprint density at radius 2 is 2.00 bits per heavy atom. The number of carbonyl (C=O) groups is 1. The molecule has 1 aliphatic heterocycles. The summed E-state index contributed by atoms with van der Waals surface area (Å²) < 4.78 is 16.9. The number of rotatable bonds is 5. The summed E-state index contributed by atoms with van der Waals surface area (Å²) in [6.07, 6.45) is 4.53. The zero-order valence-electron chi connectivity index (χ0n) is 24.2. The van der Waals surface area contributed by atoms with Crippen molar-refractivity contribution >= 4 is 45.3 Å². The van der Waals surface area contributed by atoms with E-state index in [1.165, 1.54) is 22.9 Å². The molecule has 0 bridgehead atoms. The molecule has 0 radical (unpaired) electrons. The van der Waals surface area contributed by atoms with Gasteiger partial charge in [-0.05, 0) is 55.7 Å². The fourth-order valence-electron chi connectivity index (χ4n) is 5.82. The van der Waals surface area contributed by atoms with E-state index in [2.05, 4.69) is 26.7 Å². The van der Waals surface area contributed by atoms with Gasteiger partial charge in [0.25, 0.3) is 0 Å². The summed E-state index contributed by atoms with van der Waals surface area (Å²) in [7, 11) is 0. The van der Waals surface area contributed by atoms with Gasteiger partial charge in [0.15, 0.2) is 5.65 Å². The van der Waals surface area contributed by atoms with Gasteiger partial charge in [0.2, 0.25) is 5.91 Å². The van der Waals surface area contributed by atoms with Crippen LogP contribution >= 0.6 is 11.6 Å². The summed E-state index contributed by atoms with van der Waals surface area (Å²) in [4.78, 5) is 44.2. The van der Waals surface area contributed by atoms with Crippen LogP contribution in [0.1, 0.15) is 37.9 Å². The van der Waals surface area contributed by atoms with E-state index >= 15 is 4.39 Å². The summed E-state index contributed by atoms with van der Waals surface area (Å²) in [5.74, 6) is -0.304. The van der Waals surface area contributed by atoms with Gasteiger partial charge < -0.3 is 9.80 Å². The molecule has 12 heteroatoms. The van der Waals surface area contributed by atoms with E-state index < -0.39 is 11.5 Å². The van der Waals surface area contributed by atoms with Crippen LogP contribution in [0.5, 0.6) is 0 Å². The third kappa shape index (κ3) is 4.73. The average molecular weight is 601 g/mol. The number of amides is 1. The maximum atomic E-state index is 15.5. The molecule has 1 N–H and O–H groups in total. The number of nitrogens with zero attached hydrogens (tertiary/aromatic N) is 7. The summed E-state index contributed by atoms with van der Waals surface area (Å²) >= 11 is 6.89. The second-order valence-electron chi connectivity index (χ2n) is 11.0. The number of carbonyl (C=O) groups excluding carboxylic acids is 1. The highest BCUT2D eigenvalue weighted by atomic mass is 35.5. The molecule has 0 spiro atoms. The molecule has 5 aromatic rings. The Labute approximate surface area is 251 Å². The first-order valence-corrected chi connectivity index (χ1v) is 14.4. The highest BCUT2D eigenvalue weighted by Gasteiger charge is 2.31. The summed E-state index contributed by atoms with van der Waals surface area (Å²) in [6, 6.07) is 6.26. The van der Waals surface area contributed by atoms with E-state index in [1.54, 1.807) is 23.2 Å². The van der Waals surface area contributed by atoms with Gasteiger partial charge in [-0.15, -0.1) is 0 Å². The molecule has 1 aliphatic rings. The molecule has 220 valence electrons. The molecule has 1 saturated heterocycles. The van der Waals surface area contributed by atoms with Gasteiger partial charge in [-0.2, -0.15) is 10.1 Å². The molecule has 1 atom stereocenters. The number of anilines is 1. The van der Waals surface area contributed by atoms with Gasteiger partial charge in [0.05, 0.1) is 39.2 Å². The van der Waals surface area contributed by atoms with Crippen molar-refractivity contribution in [2.45, 2.75) is 39.7 Å². The van der Waals surface area contributed by atoms with Gasteiger partial charge in [-0.3, -0.25) is 14.9 Å². The number of hydrogen-bond donors (Lipinski definition) is 1. The molecule has 4 aromatic heterocycles. The lowest BCUT2D eigenvalue weighted by Gasteiger charge is -2.40. The molecule has 43 heavy (non-hydrogen) atoms. The maximum absolute atomic E-state index is 15.5. The lowest BCUT2D eigenvalue weighted by molar-refractivity contribution is -0.126. The van der Waals surface area contributed by atoms with Gasteiger partial charge in [-0.25, -0.2) is 18.7 Å². The summed E-state index contributed by atoms with van der Waals surface area (Å²) in [5, 5.41) is 8.14. The highest BCUT2D eigenvalue weighted by molar-refractivity contribution is 6.34. The van der Waals surface area contributed by atoms with Crippen molar-refractivity contribution in [2.75, 3.05) is 24.5 Å². The average Bonchev–Trinajstić information content (AvgIpc) is 3.46. The molecule has 1 aromatic carbocycles. The zero-order chi connectivity index (χ0) is 30.6. The summed E-state index contributed by atoms with van der Waals surface area (Å²) in [5.41, 5.74) is 2.76. The topological polar surface area (TPSA) is 113 Å². The second kappa shape index (κ2) is 10.9. The number of fused-ring (bicyclic) bond motifs is 2. The zero-order valence-corrected chi connectivity index (χ0v) is 25.0. The Morgan fingerprint density at radius 3 is 2.72 bits per heavy atom. The Kier molecular flexibility index (Phi) is 7.21. The van der Waals surface area contributed by atoms with Crippen LogP contribution in [-0.4, -0.2) is 66.2 Å². The predicted octanol–water partition coefficient (Wildman–Crippen LogP) is 5.17. The lowest BCUT2D eigenvalue weighted by Crippen LogP contribution is -2.54. The first-order chi connectivity index (χ1) is 20.6. The number of aromatic amines is 1. The first-order valence-electron chi connectivity index (χ1n) is 14.0. The molecule has 1 fully saturated rings. The Bertz CT molecular complexity index is 1980. The highest BCUT2D eigenvalue weighted by Crippen LogP contribution is 2.38. The van der Waals surface area contributed by atoms with Crippen molar-refractivity contribution in [3.8, 4) is 16.9 Å². The Balaban J connectivity index is 1.67. The van der Waals surface area contributed by atoms with Crippen molar-refractivity contribution in [2.24, 2.45) is 0 Å². The number of nitrogens with one attached hydrogen (secondary N) is 1. The predicted molar refractivity (Wildman–Crippen MR) is 165 cm³/mol. The number of H-pyrrole nitrogens is 1. The van der Waals surface area contributed by atoms with E-state index in [9.17, 15) is 9.59 Å². The number of aromatic nitrogens is 6. The molecule has 5 heterocycles. The minimum Gasteiger partial charge on any atom is -0.350 e. The smallest absolute Gasteiger partial charge is 0.350 e. The number of pyridine rings is 2. The molecule has 0 unspecified atom stereocenters. The number of hydrogen-bond acceptors (Lipinski definition) is 7. The van der Waals surface area contributed by atoms with Crippen LogP contribution in [-0.2, 0) is 4.79 Å². The first kappa shape index (κ1) is 28.5. The SMILES string of the molecule is C=CC(=O)N1CCN(c2nc(=O)n(-c3c(C)ccnc3C(C)C)c3nc(-c4c(F)ccc5[nH]ncc45)c(Cl)cc23)[C@@H](C)C1. The van der Waals surface area contributed by atoms with Gasteiger partial charge in [0, 0.05) is 42.8 Å². The van der Waals surface area contributed by atoms with Crippen LogP contribution in [0, 0.1) is 12.7 Å². The minimum absolute atomic E-state index is 0.0177. The Hall–Kier alpha value is -4.64. The van der Waals surface area contributed by atoms with Crippen LogP contribution in [0.15, 0.2) is 54.1 Å². The van der Waals surface area contributed by atoms with Crippen LogP contribution in [0.3, 0.4) is 0 Å². The van der Waals surface area contributed by atoms with Crippen molar-refractivity contribution in [3.05, 3.63) is 81.9 Å². The molecule has 10 nitrogen and oxygen atoms in total. The van der Waals surface area contributed by atoms with Crippen LogP contribution in [0.4, 0.5) is 10.2 Å². The maximum Gasteiger partial charge on any atom is 0.355 e.